The summed E-state index contributed by atoms with van der Waals surface area (Å²) in [5.41, 5.74) is -1.67. The predicted molar refractivity (Wildman–Crippen MR) is 196 cm³/mol. The molecule has 5 atom stereocenters. The van der Waals surface area contributed by atoms with Crippen LogP contribution in [0, 0.1) is 11.3 Å². The molecule has 1 aromatic carbocycles. The highest BCUT2D eigenvalue weighted by Gasteiger charge is 2.62. The zero-order valence-corrected chi connectivity index (χ0v) is 31.5. The fourth-order valence-corrected chi connectivity index (χ4v) is 8.39. The van der Waals surface area contributed by atoms with Crippen LogP contribution in [-0.2, 0) is 29.1 Å². The van der Waals surface area contributed by atoms with Crippen molar-refractivity contribution in [2.24, 2.45) is 11.3 Å². The Balaban J connectivity index is 1.25. The van der Waals surface area contributed by atoms with E-state index in [1.165, 1.54) is 17.0 Å². The van der Waals surface area contributed by atoms with E-state index in [4.69, 9.17) is 21.1 Å². The van der Waals surface area contributed by atoms with Crippen LogP contribution in [-0.4, -0.2) is 88.7 Å². The monoisotopic (exact) mass is 771 g/mol. The van der Waals surface area contributed by atoms with Crippen LogP contribution in [0.1, 0.15) is 72.1 Å². The highest BCUT2D eigenvalue weighted by atomic mass is 35.5. The van der Waals surface area contributed by atoms with Crippen molar-refractivity contribution in [3.63, 3.8) is 0 Å². The lowest BCUT2D eigenvalue weighted by atomic mass is 9.85. The number of nitrogens with zero attached hydrogens (tertiary/aromatic N) is 3. The molecule has 0 unspecified atom stereocenters. The van der Waals surface area contributed by atoms with Crippen molar-refractivity contribution >= 4 is 57.1 Å². The molecular weight excluding hydrogens is 726 g/mol. The number of sulfonamides is 1. The molecule has 4 amide bonds. The van der Waals surface area contributed by atoms with Gasteiger partial charge >= 0.3 is 6.09 Å². The first-order valence-electron chi connectivity index (χ1n) is 17.9. The predicted octanol–water partition coefficient (Wildman–Crippen LogP) is 3.97. The van der Waals surface area contributed by atoms with E-state index in [1.54, 1.807) is 20.8 Å². The number of hydrogen-bond acceptors (Lipinski definition) is 11. The van der Waals surface area contributed by atoms with Gasteiger partial charge in [0, 0.05) is 24.1 Å². The fraction of sp³-hybridized carbons (Fsp3) is 0.556. The van der Waals surface area contributed by atoms with Crippen molar-refractivity contribution in [3.05, 3.63) is 54.2 Å². The number of carbonyl (C=O) groups excluding carboxylic acids is 4. The largest absolute Gasteiger partial charge is 0.472 e. The molecule has 6 rings (SSSR count). The summed E-state index contributed by atoms with van der Waals surface area (Å²) in [5.74, 6) is -2.40. The molecule has 4 aliphatic rings. The number of benzene rings is 1. The van der Waals surface area contributed by atoms with Gasteiger partial charge < -0.3 is 30.3 Å². The summed E-state index contributed by atoms with van der Waals surface area (Å²) in [6, 6.07) is 8.31. The standard InChI is InChI=1S/C36H46ClN7O8S/c1-5-21-19-36(21,32(47)43-53(49,50)25-15-16-25)42-30(45)26-17-24(51-28-18-27(37)39-33(40-28)38-22-11-7-6-8-12-22)20-44(26)31(46)29(35(2,3)4)41-34(48)52-23-13-9-10-14-23/h5-8,11-12,18,21,23-26,29H,1,9-10,13-17,19-20H2,2-4H3,(H,41,48)(H,42,45)(H,43,47)(H,38,39,40)/t21-,24-,26+,29-,36-/m1/s1. The van der Waals surface area contributed by atoms with Crippen LogP contribution in [0.4, 0.5) is 16.4 Å². The average Bonchev–Trinajstić information content (AvgIpc) is 3.97. The Morgan fingerprint density at radius 1 is 1.06 bits per heavy atom. The molecule has 2 aromatic rings. The van der Waals surface area contributed by atoms with E-state index < -0.39 is 74.1 Å². The van der Waals surface area contributed by atoms with E-state index in [1.807, 2.05) is 30.3 Å². The van der Waals surface area contributed by atoms with Gasteiger partial charge in [0.25, 0.3) is 5.91 Å². The van der Waals surface area contributed by atoms with Gasteiger partial charge in [-0.1, -0.05) is 56.6 Å². The maximum Gasteiger partial charge on any atom is 0.408 e. The second kappa shape index (κ2) is 15.1. The Hall–Kier alpha value is -4.44. The fourth-order valence-electron chi connectivity index (χ4n) is 6.85. The van der Waals surface area contributed by atoms with Gasteiger partial charge in [-0.3, -0.25) is 19.1 Å². The lowest BCUT2D eigenvalue weighted by Gasteiger charge is -2.35. The summed E-state index contributed by atoms with van der Waals surface area (Å²) >= 11 is 6.33. The number of hydrogen-bond donors (Lipinski definition) is 4. The van der Waals surface area contributed by atoms with E-state index in [9.17, 15) is 27.6 Å². The Morgan fingerprint density at radius 2 is 1.75 bits per heavy atom. The van der Waals surface area contributed by atoms with Crippen molar-refractivity contribution in [1.29, 1.82) is 0 Å². The van der Waals surface area contributed by atoms with Gasteiger partial charge in [0.1, 0.15) is 35.0 Å². The van der Waals surface area contributed by atoms with E-state index in [0.29, 0.717) is 18.5 Å². The van der Waals surface area contributed by atoms with Gasteiger partial charge in [-0.15, -0.1) is 6.58 Å². The summed E-state index contributed by atoms with van der Waals surface area (Å²) in [6.45, 7) is 9.02. The van der Waals surface area contributed by atoms with Gasteiger partial charge in [0.05, 0.1) is 11.8 Å². The van der Waals surface area contributed by atoms with Crippen molar-refractivity contribution < 1.29 is 37.1 Å². The van der Waals surface area contributed by atoms with Crippen molar-refractivity contribution in [1.82, 2.24) is 30.2 Å². The van der Waals surface area contributed by atoms with E-state index >= 15 is 0 Å². The number of nitrogens with one attached hydrogen (secondary N) is 4. The van der Waals surface area contributed by atoms with Gasteiger partial charge in [-0.2, -0.15) is 4.98 Å². The normalized spacial score (nSPS) is 24.8. The number of halogens is 1. The van der Waals surface area contributed by atoms with Crippen LogP contribution in [0.3, 0.4) is 0 Å². The molecule has 1 saturated heterocycles. The Labute approximate surface area is 314 Å². The third kappa shape index (κ3) is 9.03. The summed E-state index contributed by atoms with van der Waals surface area (Å²) in [5, 5.41) is 8.01. The summed E-state index contributed by atoms with van der Waals surface area (Å²) in [7, 11) is -3.91. The molecule has 3 aliphatic carbocycles. The van der Waals surface area contributed by atoms with Gasteiger partial charge in [0.2, 0.25) is 33.7 Å². The van der Waals surface area contributed by atoms with E-state index in [2.05, 4.69) is 37.2 Å². The number of alkyl carbamates (subject to hydrolysis) is 1. The van der Waals surface area contributed by atoms with Gasteiger partial charge in [-0.25, -0.2) is 18.2 Å². The minimum Gasteiger partial charge on any atom is -0.472 e. The van der Waals surface area contributed by atoms with E-state index in [0.717, 1.165) is 25.7 Å². The second-order valence-corrected chi connectivity index (χ2v) is 17.6. The van der Waals surface area contributed by atoms with Crippen LogP contribution in [0.2, 0.25) is 5.15 Å². The maximum atomic E-state index is 14.5. The summed E-state index contributed by atoms with van der Waals surface area (Å²) in [4.78, 5) is 65.2. The molecule has 1 aliphatic heterocycles. The highest BCUT2D eigenvalue weighted by molar-refractivity contribution is 7.91. The molecule has 53 heavy (non-hydrogen) atoms. The zero-order valence-electron chi connectivity index (χ0n) is 30.0. The molecule has 17 heteroatoms. The first kappa shape index (κ1) is 38.3. The van der Waals surface area contributed by atoms with Gasteiger partial charge in [0.15, 0.2) is 0 Å². The molecule has 15 nitrogen and oxygen atoms in total. The number of para-hydroxylation sites is 1. The molecule has 0 spiro atoms. The summed E-state index contributed by atoms with van der Waals surface area (Å²) < 4.78 is 39.3. The number of carbonyl (C=O) groups is 4. The quantitative estimate of drug-likeness (QED) is 0.170. The molecular formula is C36H46ClN7O8S. The number of likely N-dealkylation sites (tertiary alicyclic amines) is 1. The van der Waals surface area contributed by atoms with Crippen LogP contribution in [0.15, 0.2) is 49.1 Å². The molecule has 0 radical (unpaired) electrons. The molecule has 286 valence electrons. The molecule has 0 bridgehead atoms. The number of amides is 4. The smallest absolute Gasteiger partial charge is 0.408 e. The van der Waals surface area contributed by atoms with Gasteiger partial charge in [-0.05, 0) is 62.5 Å². The van der Waals surface area contributed by atoms with Crippen molar-refractivity contribution in [2.75, 3.05) is 11.9 Å². The van der Waals surface area contributed by atoms with E-state index in [-0.39, 0.29) is 42.5 Å². The minimum atomic E-state index is -3.91. The van der Waals surface area contributed by atoms with Crippen LogP contribution >= 0.6 is 11.6 Å². The first-order valence-corrected chi connectivity index (χ1v) is 19.8. The molecule has 1 aromatic heterocycles. The lowest BCUT2D eigenvalue weighted by molar-refractivity contribution is -0.143. The number of ether oxygens (including phenoxy) is 2. The highest BCUT2D eigenvalue weighted by Crippen LogP contribution is 2.45. The van der Waals surface area contributed by atoms with Crippen molar-refractivity contribution in [2.45, 2.75) is 107 Å². The third-order valence-corrected chi connectivity index (χ3v) is 12.0. The van der Waals surface area contributed by atoms with Crippen LogP contribution < -0.4 is 25.4 Å². The zero-order chi connectivity index (χ0) is 38.1. The topological polar surface area (TPSA) is 198 Å². The lowest BCUT2D eigenvalue weighted by Crippen LogP contribution is -2.60. The van der Waals surface area contributed by atoms with Crippen molar-refractivity contribution in [3.8, 4) is 5.88 Å². The SMILES string of the molecule is C=C[C@@H]1C[C@]1(NC(=O)[C@@H]1C[C@@H](Oc2cc(Cl)nc(Nc3ccccc3)n2)CN1C(=O)[C@@H](NC(=O)OC1CCCC1)C(C)(C)C)C(=O)NS(=O)(=O)C1CC1. The minimum absolute atomic E-state index is 0.0269. The number of anilines is 2. The van der Waals surface area contributed by atoms with Crippen LogP contribution in [0.5, 0.6) is 5.88 Å². The second-order valence-electron chi connectivity index (χ2n) is 15.3. The van der Waals surface area contributed by atoms with Crippen LogP contribution in [0.25, 0.3) is 0 Å². The maximum absolute atomic E-state index is 14.5. The molecule has 4 fully saturated rings. The molecule has 3 saturated carbocycles. The summed E-state index contributed by atoms with van der Waals surface area (Å²) in [6.07, 6.45) is 4.12. The number of rotatable bonds is 13. The molecule has 4 N–H and O–H groups in total. The number of aromatic nitrogens is 2. The third-order valence-electron chi connectivity index (χ3n) is 10.0. The Bertz CT molecular complexity index is 1850. The molecule has 2 heterocycles. The average molecular weight is 772 g/mol. The Kier molecular flexibility index (Phi) is 10.9. The first-order chi connectivity index (χ1) is 25.1. The Morgan fingerprint density at radius 3 is 2.38 bits per heavy atom.